The van der Waals surface area contributed by atoms with Crippen molar-refractivity contribution in [3.63, 3.8) is 0 Å². The smallest absolute Gasteiger partial charge is 0.164 e. The van der Waals surface area contributed by atoms with Crippen LogP contribution in [0.1, 0.15) is 0 Å². The molecule has 6 heterocycles. The summed E-state index contributed by atoms with van der Waals surface area (Å²) in [5, 5.41) is 18.7. The van der Waals surface area contributed by atoms with Gasteiger partial charge < -0.3 is 13.7 Å². The molecule has 29 aromatic rings. The highest BCUT2D eigenvalue weighted by atomic mass is 15.1. The summed E-state index contributed by atoms with van der Waals surface area (Å²) in [5.74, 6) is 5.77. The molecular formula is C137H88N12. The molecule has 0 spiro atoms. The van der Waals surface area contributed by atoms with E-state index in [0.29, 0.717) is 52.4 Å². The van der Waals surface area contributed by atoms with E-state index in [-0.39, 0.29) is 0 Å². The summed E-state index contributed by atoms with van der Waals surface area (Å²) in [5.41, 5.74) is 25.9. The number of hydrogen-bond donors (Lipinski definition) is 0. The molecule has 0 unspecified atom stereocenters. The fourth-order valence-corrected chi connectivity index (χ4v) is 21.4. The van der Waals surface area contributed by atoms with E-state index < -0.39 is 0 Å². The Bertz CT molecular complexity index is 9860. The van der Waals surface area contributed by atoms with E-state index in [4.69, 9.17) is 44.9 Å². The number of rotatable bonds is 15. The van der Waals surface area contributed by atoms with Crippen LogP contribution in [0, 0.1) is 0 Å². The quantitative estimate of drug-likeness (QED) is 0.0984. The maximum absolute atomic E-state index is 5.18. The minimum atomic E-state index is 0.632. The van der Waals surface area contributed by atoms with Crippen molar-refractivity contribution in [3.8, 4) is 153 Å². The van der Waals surface area contributed by atoms with Crippen molar-refractivity contribution in [1.29, 1.82) is 0 Å². The zero-order valence-corrected chi connectivity index (χ0v) is 80.7. The minimum absolute atomic E-state index is 0.632. The number of benzene rings is 23. The maximum Gasteiger partial charge on any atom is 0.164 e. The summed E-state index contributed by atoms with van der Waals surface area (Å²) in [7, 11) is 0. The third kappa shape index (κ3) is 16.3. The molecule has 149 heavy (non-hydrogen) atoms. The number of fused-ring (bicyclic) bond motifs is 14. The molecule has 12 heteroatoms. The van der Waals surface area contributed by atoms with Crippen LogP contribution in [0.5, 0.6) is 0 Å². The van der Waals surface area contributed by atoms with Crippen LogP contribution < -0.4 is 0 Å². The fraction of sp³-hybridized carbons (Fsp3) is 0. The molecule has 23 aromatic carbocycles. The van der Waals surface area contributed by atoms with Crippen LogP contribution in [0.4, 0.5) is 0 Å². The maximum atomic E-state index is 5.18. The van der Waals surface area contributed by atoms with Crippen LogP contribution in [-0.2, 0) is 0 Å². The monoisotopic (exact) mass is 1900 g/mol. The lowest BCUT2D eigenvalue weighted by Gasteiger charge is -2.15. The third-order valence-corrected chi connectivity index (χ3v) is 28.6. The Morgan fingerprint density at radius 2 is 0.302 bits per heavy atom. The van der Waals surface area contributed by atoms with Crippen LogP contribution in [0.15, 0.2) is 534 Å². The number of aromatic nitrogens is 12. The van der Waals surface area contributed by atoms with Gasteiger partial charge in [-0.25, -0.2) is 44.9 Å². The highest BCUT2D eigenvalue weighted by molar-refractivity contribution is 6.15. The summed E-state index contributed by atoms with van der Waals surface area (Å²) in [4.78, 5) is 46.1. The summed E-state index contributed by atoms with van der Waals surface area (Å²) < 4.78 is 7.13. The first-order valence-electron chi connectivity index (χ1n) is 50.2. The van der Waals surface area contributed by atoms with Gasteiger partial charge in [-0.2, -0.15) is 0 Å². The summed E-state index contributed by atoms with van der Waals surface area (Å²) >= 11 is 0. The normalized spacial score (nSPS) is 11.5. The van der Waals surface area contributed by atoms with Crippen molar-refractivity contribution >= 4 is 119 Å². The van der Waals surface area contributed by atoms with Gasteiger partial charge in [0.15, 0.2) is 52.4 Å². The van der Waals surface area contributed by atoms with Gasteiger partial charge in [-0.05, 0) is 150 Å². The number of hydrogen-bond acceptors (Lipinski definition) is 9. The Morgan fingerprint density at radius 1 is 0.107 bits per heavy atom. The van der Waals surface area contributed by atoms with E-state index in [2.05, 4.69) is 499 Å². The van der Waals surface area contributed by atoms with Crippen molar-refractivity contribution in [1.82, 2.24) is 58.6 Å². The molecule has 0 radical (unpaired) electrons. The molecule has 0 bridgehead atoms. The Hall–Kier alpha value is -20.2. The van der Waals surface area contributed by atoms with Crippen molar-refractivity contribution in [2.75, 3.05) is 0 Å². The molecule has 29 rings (SSSR count). The first kappa shape index (κ1) is 87.8. The van der Waals surface area contributed by atoms with Gasteiger partial charge in [0.25, 0.3) is 0 Å². The molecule has 0 aliphatic heterocycles. The molecule has 0 atom stereocenters. The second-order valence-electron chi connectivity index (χ2n) is 37.4. The predicted octanol–water partition coefficient (Wildman–Crippen LogP) is 34.7. The Balaban J connectivity index is 0.000000110. The highest BCUT2D eigenvalue weighted by Crippen LogP contribution is 2.45. The van der Waals surface area contributed by atoms with Crippen molar-refractivity contribution in [2.45, 2.75) is 0 Å². The van der Waals surface area contributed by atoms with E-state index in [0.717, 1.165) is 127 Å². The Labute approximate surface area is 858 Å². The van der Waals surface area contributed by atoms with Gasteiger partial charge in [0.1, 0.15) is 0 Å². The lowest BCUT2D eigenvalue weighted by molar-refractivity contribution is 1.08. The van der Waals surface area contributed by atoms with Crippen LogP contribution in [0.2, 0.25) is 0 Å². The van der Waals surface area contributed by atoms with E-state index in [9.17, 15) is 0 Å². The van der Waals surface area contributed by atoms with Crippen molar-refractivity contribution in [2.24, 2.45) is 0 Å². The average Bonchev–Trinajstić information content (AvgIpc) is 1.60. The summed E-state index contributed by atoms with van der Waals surface area (Å²) in [6.07, 6.45) is 0. The van der Waals surface area contributed by atoms with Gasteiger partial charge in [-0.3, -0.25) is 0 Å². The molecule has 6 aromatic heterocycles. The van der Waals surface area contributed by atoms with Gasteiger partial charge in [0, 0.05) is 98.5 Å². The molecule has 0 saturated carbocycles. The fourth-order valence-electron chi connectivity index (χ4n) is 21.4. The van der Waals surface area contributed by atoms with E-state index in [1.807, 2.05) is 48.5 Å². The Morgan fingerprint density at radius 3 is 0.617 bits per heavy atom. The minimum Gasteiger partial charge on any atom is -0.309 e. The number of para-hydroxylation sites is 6. The third-order valence-electron chi connectivity index (χ3n) is 28.6. The molecular weight excluding hydrogens is 1810 g/mol. The molecule has 696 valence electrons. The number of nitrogens with zero attached hydrogens (tertiary/aromatic N) is 12. The predicted molar refractivity (Wildman–Crippen MR) is 615 cm³/mol. The van der Waals surface area contributed by atoms with E-state index in [1.165, 1.54) is 92.9 Å². The first-order valence-corrected chi connectivity index (χ1v) is 50.2. The Kier molecular flexibility index (Phi) is 22.3. The SMILES string of the molecule is c1ccc(-c2ccc(-c3nc(-c4ccc(-c5ccccc5)cc4)nc(-c4ccc(-n5c6ccccc6c6ccccc65)c5ccccc45)n3)cc2)cc1.c1ccc(-c2ccc(-c3nc(-c4ccccc4)nc(-c4ccc(-n5c6ccccc6c6ccccc65)c5ccccc45)n3)cc2)cc1.c1ccc2cc(-c3nc(-c4ccc5ccccc5c4)nc(-c4cccc5c(-n6c7ccccc7c7ccccc76)cccc45)n3)ccc2c1. The zero-order valence-electron chi connectivity index (χ0n) is 80.7. The standard InChI is InChI=1S/C49H32N4.C45H28N4.C43H28N4/c1-3-13-33(14-4-1)35-23-27-37(28-24-35)47-50-48(38-29-25-36(26-30-38)34-15-5-2-6-16-34)52-49(51-47)43-31-32-46(40-18-8-7-17-39(40)43)53-44-21-11-9-19-41(44)42-20-10-12-22-45(42)53;1-3-13-31-27-33(25-23-29(31)11-1)43-46-44(34-26-24-30-12-2-4-14-32(30)28-34)48-45(47-43)39-19-9-18-36-35(39)17-10-22-42(36)49-40-20-7-5-15-37(40)38-16-6-8-21-41(38)49;1-3-13-29(14-4-1)30-23-25-32(26-24-30)42-44-41(31-15-5-2-6-16-31)45-43(46-42)37-27-28-40(34-18-8-7-17-33(34)37)47-38-21-11-9-19-35(38)36-20-10-12-22-39(36)47/h1-32H;1-28H;1-28H. The molecule has 0 aliphatic rings. The van der Waals surface area contributed by atoms with Gasteiger partial charge in [0.2, 0.25) is 0 Å². The second-order valence-corrected chi connectivity index (χ2v) is 37.4. The highest BCUT2D eigenvalue weighted by Gasteiger charge is 2.26. The van der Waals surface area contributed by atoms with Crippen LogP contribution in [-0.4, -0.2) is 58.6 Å². The largest absolute Gasteiger partial charge is 0.309 e. The summed E-state index contributed by atoms with van der Waals surface area (Å²) in [6.45, 7) is 0. The molecule has 0 amide bonds. The van der Waals surface area contributed by atoms with Crippen LogP contribution in [0.25, 0.3) is 272 Å². The van der Waals surface area contributed by atoms with Gasteiger partial charge in [-0.15, -0.1) is 0 Å². The van der Waals surface area contributed by atoms with E-state index >= 15 is 0 Å². The lowest BCUT2D eigenvalue weighted by Crippen LogP contribution is -2.02. The van der Waals surface area contributed by atoms with Crippen molar-refractivity contribution < 1.29 is 0 Å². The molecule has 0 N–H and O–H groups in total. The molecule has 0 fully saturated rings. The first-order chi connectivity index (χ1) is 73.9. The van der Waals surface area contributed by atoms with Crippen LogP contribution >= 0.6 is 0 Å². The topological polar surface area (TPSA) is 131 Å². The van der Waals surface area contributed by atoms with Gasteiger partial charge >= 0.3 is 0 Å². The van der Waals surface area contributed by atoms with Gasteiger partial charge in [0.05, 0.1) is 50.2 Å². The second kappa shape index (κ2) is 37.9. The van der Waals surface area contributed by atoms with Crippen molar-refractivity contribution in [3.05, 3.63) is 534 Å². The lowest BCUT2D eigenvalue weighted by atomic mass is 10.0. The van der Waals surface area contributed by atoms with E-state index in [1.54, 1.807) is 0 Å². The van der Waals surface area contributed by atoms with Crippen LogP contribution in [0.3, 0.4) is 0 Å². The zero-order chi connectivity index (χ0) is 98.6. The molecule has 0 aliphatic carbocycles. The summed E-state index contributed by atoms with van der Waals surface area (Å²) in [6, 6.07) is 187. The van der Waals surface area contributed by atoms with Gasteiger partial charge in [-0.1, -0.05) is 455 Å². The average molecular weight is 1900 g/mol. The molecule has 12 nitrogen and oxygen atoms in total. The molecule has 0 saturated heterocycles.